The molecule has 2 amide bonds. The summed E-state index contributed by atoms with van der Waals surface area (Å²) in [5.41, 5.74) is 3.22. The van der Waals surface area contributed by atoms with Crippen molar-refractivity contribution in [2.24, 2.45) is 7.05 Å². The number of benzene rings is 1. The largest absolute Gasteiger partial charge is 0.301 e. The van der Waals surface area contributed by atoms with Crippen LogP contribution in [0.5, 0.6) is 0 Å². The summed E-state index contributed by atoms with van der Waals surface area (Å²) in [6, 6.07) is 7.18. The van der Waals surface area contributed by atoms with Crippen LogP contribution in [0.1, 0.15) is 62.6 Å². The van der Waals surface area contributed by atoms with Crippen LogP contribution in [-0.2, 0) is 16.6 Å². The Kier molecular flexibility index (Phi) is 4.76. The van der Waals surface area contributed by atoms with Gasteiger partial charge in [0.2, 0.25) is 11.8 Å². The summed E-state index contributed by atoms with van der Waals surface area (Å²) >= 11 is 0. The molecule has 2 aliphatic heterocycles. The first-order chi connectivity index (χ1) is 12.9. The van der Waals surface area contributed by atoms with Gasteiger partial charge >= 0.3 is 0 Å². The highest BCUT2D eigenvalue weighted by Gasteiger charge is 2.32. The Hall–Kier alpha value is -2.21. The molecule has 0 radical (unpaired) electrons. The van der Waals surface area contributed by atoms with Crippen molar-refractivity contribution in [2.45, 2.75) is 57.4 Å². The highest BCUT2D eigenvalue weighted by molar-refractivity contribution is 6.02. The number of fused-ring (bicyclic) bond motifs is 1. The van der Waals surface area contributed by atoms with E-state index in [1.807, 2.05) is 11.7 Å². The second-order valence-electron chi connectivity index (χ2n) is 8.19. The summed E-state index contributed by atoms with van der Waals surface area (Å²) in [4.78, 5) is 26.3. The molecule has 6 heteroatoms. The Morgan fingerprint density at radius 3 is 2.56 bits per heavy atom. The van der Waals surface area contributed by atoms with Crippen LogP contribution in [0, 0.1) is 0 Å². The van der Waals surface area contributed by atoms with E-state index in [-0.39, 0.29) is 17.7 Å². The van der Waals surface area contributed by atoms with E-state index >= 15 is 0 Å². The van der Waals surface area contributed by atoms with Gasteiger partial charge in [0, 0.05) is 24.9 Å². The fourth-order valence-corrected chi connectivity index (χ4v) is 4.52. The van der Waals surface area contributed by atoms with Crippen molar-refractivity contribution in [2.75, 3.05) is 13.1 Å². The standard InChI is InChI=1S/C21H28N4O2/c1-13(2)25-10-8-14(9-11-25)15-4-5-16-18(12-15)24(3)23-20(16)17-6-7-19(26)22-21(17)27/h4-5,12-14,17H,6-11H2,1-3H3,(H,22,26,27). The van der Waals surface area contributed by atoms with Crippen molar-refractivity contribution < 1.29 is 9.59 Å². The zero-order chi connectivity index (χ0) is 19.1. The normalized spacial score (nSPS) is 22.6. The van der Waals surface area contributed by atoms with Crippen molar-refractivity contribution in [1.82, 2.24) is 20.0 Å². The smallest absolute Gasteiger partial charge is 0.235 e. The maximum absolute atomic E-state index is 12.3. The van der Waals surface area contributed by atoms with Gasteiger partial charge in [-0.25, -0.2) is 0 Å². The van der Waals surface area contributed by atoms with E-state index < -0.39 is 0 Å². The van der Waals surface area contributed by atoms with Crippen molar-refractivity contribution in [1.29, 1.82) is 0 Å². The van der Waals surface area contributed by atoms with Gasteiger partial charge < -0.3 is 4.90 Å². The summed E-state index contributed by atoms with van der Waals surface area (Å²) in [5, 5.41) is 8.12. The number of nitrogens with one attached hydrogen (secondary N) is 1. The highest BCUT2D eigenvalue weighted by atomic mass is 16.2. The predicted molar refractivity (Wildman–Crippen MR) is 105 cm³/mol. The van der Waals surface area contributed by atoms with Gasteiger partial charge in [0.05, 0.1) is 17.1 Å². The van der Waals surface area contributed by atoms with Gasteiger partial charge in [-0.2, -0.15) is 5.10 Å². The number of hydrogen-bond donors (Lipinski definition) is 1. The maximum atomic E-state index is 12.3. The van der Waals surface area contributed by atoms with Crippen molar-refractivity contribution in [3.8, 4) is 0 Å². The number of nitrogens with zero attached hydrogens (tertiary/aromatic N) is 3. The number of rotatable bonds is 3. The molecule has 144 valence electrons. The first kappa shape index (κ1) is 18.2. The summed E-state index contributed by atoms with van der Waals surface area (Å²) in [5.74, 6) is -0.173. The number of piperidine rings is 2. The van der Waals surface area contributed by atoms with Gasteiger partial charge in [0.25, 0.3) is 0 Å². The molecule has 2 fully saturated rings. The van der Waals surface area contributed by atoms with E-state index in [9.17, 15) is 9.59 Å². The lowest BCUT2D eigenvalue weighted by Crippen LogP contribution is -2.39. The molecule has 0 saturated carbocycles. The third kappa shape index (κ3) is 3.38. The molecule has 2 saturated heterocycles. The Balaban J connectivity index is 1.60. The minimum absolute atomic E-state index is 0.188. The number of hydrogen-bond acceptors (Lipinski definition) is 4. The third-order valence-corrected chi connectivity index (χ3v) is 6.20. The van der Waals surface area contributed by atoms with Crippen LogP contribution in [0.3, 0.4) is 0 Å². The molecule has 2 aromatic rings. The summed E-state index contributed by atoms with van der Waals surface area (Å²) in [7, 11) is 1.93. The minimum Gasteiger partial charge on any atom is -0.301 e. The molecule has 1 aromatic heterocycles. The van der Waals surface area contributed by atoms with Crippen LogP contribution in [0.15, 0.2) is 18.2 Å². The summed E-state index contributed by atoms with van der Waals surface area (Å²) in [6.45, 7) is 6.82. The van der Waals surface area contributed by atoms with E-state index in [4.69, 9.17) is 0 Å². The van der Waals surface area contributed by atoms with Gasteiger partial charge in [0.15, 0.2) is 0 Å². The Labute approximate surface area is 159 Å². The van der Waals surface area contributed by atoms with E-state index in [2.05, 4.69) is 47.4 Å². The summed E-state index contributed by atoms with van der Waals surface area (Å²) in [6.07, 6.45) is 3.27. The Morgan fingerprint density at radius 2 is 1.89 bits per heavy atom. The number of carbonyl (C=O) groups excluding carboxylic acids is 2. The Bertz CT molecular complexity index is 878. The fraction of sp³-hybridized carbons (Fsp3) is 0.571. The van der Waals surface area contributed by atoms with Gasteiger partial charge in [-0.1, -0.05) is 12.1 Å². The molecular weight excluding hydrogens is 340 g/mol. The fourth-order valence-electron chi connectivity index (χ4n) is 4.52. The maximum Gasteiger partial charge on any atom is 0.235 e. The monoisotopic (exact) mass is 368 g/mol. The van der Waals surface area contributed by atoms with Crippen LogP contribution in [0.4, 0.5) is 0 Å². The topological polar surface area (TPSA) is 67.2 Å². The number of carbonyl (C=O) groups is 2. The molecule has 1 unspecified atom stereocenters. The predicted octanol–water partition coefficient (Wildman–Crippen LogP) is 2.68. The van der Waals surface area contributed by atoms with E-state index in [1.54, 1.807) is 0 Å². The quantitative estimate of drug-likeness (QED) is 0.846. The lowest BCUT2D eigenvalue weighted by molar-refractivity contribution is -0.134. The molecule has 2 aliphatic rings. The average Bonchev–Trinajstić information content (AvgIpc) is 2.98. The number of imide groups is 1. The summed E-state index contributed by atoms with van der Waals surface area (Å²) < 4.78 is 1.88. The SMILES string of the molecule is CC(C)N1CCC(c2ccc3c(C4CCC(=O)NC4=O)nn(C)c3c2)CC1. The molecule has 0 bridgehead atoms. The van der Waals surface area contributed by atoms with E-state index in [0.29, 0.717) is 24.8 Å². The van der Waals surface area contributed by atoms with Crippen molar-refractivity contribution in [3.05, 3.63) is 29.5 Å². The van der Waals surface area contributed by atoms with Gasteiger partial charge in [-0.05, 0) is 63.7 Å². The zero-order valence-electron chi connectivity index (χ0n) is 16.4. The van der Waals surface area contributed by atoms with Crippen LogP contribution in [0.2, 0.25) is 0 Å². The molecule has 3 heterocycles. The molecule has 0 spiro atoms. The number of amides is 2. The number of aryl methyl sites for hydroxylation is 1. The van der Waals surface area contributed by atoms with Crippen LogP contribution < -0.4 is 5.32 Å². The molecule has 1 atom stereocenters. The number of likely N-dealkylation sites (tertiary alicyclic amines) is 1. The van der Waals surface area contributed by atoms with Crippen molar-refractivity contribution in [3.63, 3.8) is 0 Å². The molecule has 27 heavy (non-hydrogen) atoms. The van der Waals surface area contributed by atoms with Crippen LogP contribution in [0.25, 0.3) is 10.9 Å². The van der Waals surface area contributed by atoms with Crippen LogP contribution >= 0.6 is 0 Å². The van der Waals surface area contributed by atoms with Crippen LogP contribution in [-0.4, -0.2) is 45.6 Å². The lowest BCUT2D eigenvalue weighted by atomic mass is 9.87. The van der Waals surface area contributed by atoms with Gasteiger partial charge in [-0.3, -0.25) is 19.6 Å². The van der Waals surface area contributed by atoms with Crippen molar-refractivity contribution >= 4 is 22.7 Å². The highest BCUT2D eigenvalue weighted by Crippen LogP contribution is 2.34. The van der Waals surface area contributed by atoms with Gasteiger partial charge in [0.1, 0.15) is 0 Å². The molecule has 6 nitrogen and oxygen atoms in total. The lowest BCUT2D eigenvalue weighted by Gasteiger charge is -2.34. The first-order valence-corrected chi connectivity index (χ1v) is 9.98. The first-order valence-electron chi connectivity index (χ1n) is 9.98. The van der Waals surface area contributed by atoms with E-state index in [0.717, 1.165) is 29.7 Å². The zero-order valence-corrected chi connectivity index (χ0v) is 16.4. The molecule has 1 aromatic carbocycles. The second-order valence-corrected chi connectivity index (χ2v) is 8.19. The third-order valence-electron chi connectivity index (χ3n) is 6.20. The number of aromatic nitrogens is 2. The molecule has 0 aliphatic carbocycles. The minimum atomic E-state index is -0.341. The molecule has 1 N–H and O–H groups in total. The van der Waals surface area contributed by atoms with E-state index in [1.165, 1.54) is 18.4 Å². The molecular formula is C21H28N4O2. The molecule has 4 rings (SSSR count). The average molecular weight is 368 g/mol. The second kappa shape index (κ2) is 7.08. The Morgan fingerprint density at radius 1 is 1.15 bits per heavy atom. The van der Waals surface area contributed by atoms with Gasteiger partial charge in [-0.15, -0.1) is 0 Å².